The highest BCUT2D eigenvalue weighted by Gasteiger charge is 2.31. The number of hydrogen-bond donors (Lipinski definition) is 1. The Morgan fingerprint density at radius 1 is 1.16 bits per heavy atom. The van der Waals surface area contributed by atoms with Crippen molar-refractivity contribution in [3.63, 3.8) is 0 Å². The van der Waals surface area contributed by atoms with Crippen molar-refractivity contribution in [2.75, 3.05) is 18.4 Å². The van der Waals surface area contributed by atoms with Gasteiger partial charge in [-0.25, -0.2) is 0 Å². The molecule has 0 atom stereocenters. The minimum Gasteiger partial charge on any atom is -0.381 e. The summed E-state index contributed by atoms with van der Waals surface area (Å²) in [5.74, 6) is -0.356. The van der Waals surface area contributed by atoms with Crippen LogP contribution in [0.5, 0.6) is 0 Å². The van der Waals surface area contributed by atoms with Crippen LogP contribution < -0.4 is 5.32 Å². The van der Waals surface area contributed by atoms with Crippen LogP contribution in [0, 0.1) is 0 Å². The van der Waals surface area contributed by atoms with Crippen molar-refractivity contribution in [3.05, 3.63) is 59.9 Å². The second-order valence-electron chi connectivity index (χ2n) is 6.03. The first-order valence-electron chi connectivity index (χ1n) is 8.06. The fraction of sp³-hybridized carbons (Fsp3) is 0.333. The average molecular weight is 349 g/mol. The van der Waals surface area contributed by atoms with Gasteiger partial charge < -0.3 is 10.2 Å². The number of halogens is 3. The van der Waals surface area contributed by atoms with Gasteiger partial charge in [-0.2, -0.15) is 13.2 Å². The molecule has 1 aromatic carbocycles. The van der Waals surface area contributed by atoms with E-state index in [9.17, 15) is 18.0 Å². The summed E-state index contributed by atoms with van der Waals surface area (Å²) in [4.78, 5) is 18.1. The average Bonchev–Trinajstić information content (AvgIpc) is 2.62. The van der Waals surface area contributed by atoms with Gasteiger partial charge in [0.15, 0.2) is 0 Å². The van der Waals surface area contributed by atoms with Crippen LogP contribution in [0.15, 0.2) is 48.8 Å². The highest BCUT2D eigenvalue weighted by Crippen LogP contribution is 2.30. The van der Waals surface area contributed by atoms with Crippen molar-refractivity contribution in [2.45, 2.75) is 25.1 Å². The van der Waals surface area contributed by atoms with Gasteiger partial charge >= 0.3 is 6.18 Å². The third-order valence-corrected chi connectivity index (χ3v) is 4.25. The van der Waals surface area contributed by atoms with Crippen LogP contribution in [0.25, 0.3) is 0 Å². The molecule has 1 N–H and O–H groups in total. The molecule has 0 radical (unpaired) electrons. The zero-order valence-electron chi connectivity index (χ0n) is 13.5. The van der Waals surface area contributed by atoms with E-state index >= 15 is 0 Å². The number of carbonyl (C=O) groups is 1. The summed E-state index contributed by atoms with van der Waals surface area (Å²) in [5.41, 5.74) is 0.199. The Kier molecular flexibility index (Phi) is 4.92. The van der Waals surface area contributed by atoms with Crippen LogP contribution in [0.1, 0.15) is 28.8 Å². The molecule has 1 aromatic heterocycles. The minimum absolute atomic E-state index is 0.0773. The van der Waals surface area contributed by atoms with Gasteiger partial charge in [-0.15, -0.1) is 0 Å². The summed E-state index contributed by atoms with van der Waals surface area (Å²) >= 11 is 0. The topological polar surface area (TPSA) is 45.2 Å². The fourth-order valence-corrected chi connectivity index (χ4v) is 2.92. The van der Waals surface area contributed by atoms with Gasteiger partial charge in [-0.1, -0.05) is 6.07 Å². The van der Waals surface area contributed by atoms with E-state index in [1.807, 2.05) is 12.1 Å². The van der Waals surface area contributed by atoms with Gasteiger partial charge in [0.25, 0.3) is 5.91 Å². The first kappa shape index (κ1) is 17.3. The predicted octanol–water partition coefficient (Wildman–Crippen LogP) is 3.82. The van der Waals surface area contributed by atoms with E-state index in [1.165, 1.54) is 12.1 Å². The molecular formula is C18H18F3N3O. The number of benzene rings is 1. The van der Waals surface area contributed by atoms with E-state index in [1.54, 1.807) is 17.3 Å². The summed E-state index contributed by atoms with van der Waals surface area (Å²) in [6.07, 6.45) is 0.456. The molecule has 1 amide bonds. The lowest BCUT2D eigenvalue weighted by Gasteiger charge is -2.33. The summed E-state index contributed by atoms with van der Waals surface area (Å²) in [5, 5.41) is 3.36. The molecule has 132 valence electrons. The fourth-order valence-electron chi connectivity index (χ4n) is 2.92. The van der Waals surface area contributed by atoms with E-state index in [4.69, 9.17) is 0 Å². The van der Waals surface area contributed by atoms with Crippen LogP contribution in [-0.4, -0.2) is 34.9 Å². The van der Waals surface area contributed by atoms with Gasteiger partial charge in [-0.3, -0.25) is 9.78 Å². The lowest BCUT2D eigenvalue weighted by Crippen LogP contribution is -2.42. The Balaban J connectivity index is 1.60. The molecule has 0 unspecified atom stereocenters. The van der Waals surface area contributed by atoms with Gasteiger partial charge in [0.05, 0.1) is 11.3 Å². The van der Waals surface area contributed by atoms with Gasteiger partial charge in [0.1, 0.15) is 0 Å². The van der Waals surface area contributed by atoms with E-state index in [2.05, 4.69) is 10.3 Å². The Hall–Kier alpha value is -2.57. The van der Waals surface area contributed by atoms with Crippen molar-refractivity contribution in [1.82, 2.24) is 9.88 Å². The van der Waals surface area contributed by atoms with Gasteiger partial charge in [0.2, 0.25) is 0 Å². The Labute approximate surface area is 143 Å². The molecule has 0 spiro atoms. The Morgan fingerprint density at radius 2 is 1.92 bits per heavy atom. The SMILES string of the molecule is O=C(c1cccc(C(F)(F)F)c1)N1CCC(Nc2cccnc2)CC1. The number of amides is 1. The summed E-state index contributed by atoms with van der Waals surface area (Å²) < 4.78 is 38.4. The molecule has 7 heteroatoms. The number of anilines is 1. The van der Waals surface area contributed by atoms with Crippen LogP contribution >= 0.6 is 0 Å². The zero-order valence-corrected chi connectivity index (χ0v) is 13.5. The number of carbonyl (C=O) groups excluding carboxylic acids is 1. The number of pyridine rings is 1. The smallest absolute Gasteiger partial charge is 0.381 e. The number of hydrogen-bond acceptors (Lipinski definition) is 3. The molecule has 25 heavy (non-hydrogen) atoms. The summed E-state index contributed by atoms with van der Waals surface area (Å²) in [6, 6.07) is 8.57. The number of aromatic nitrogens is 1. The highest BCUT2D eigenvalue weighted by atomic mass is 19.4. The van der Waals surface area contributed by atoms with Gasteiger partial charge in [0, 0.05) is 37.1 Å². The van der Waals surface area contributed by atoms with Crippen LogP contribution in [0.2, 0.25) is 0 Å². The largest absolute Gasteiger partial charge is 0.416 e. The van der Waals surface area contributed by atoms with Crippen LogP contribution in [0.4, 0.5) is 18.9 Å². The van der Waals surface area contributed by atoms with Crippen molar-refractivity contribution < 1.29 is 18.0 Å². The summed E-state index contributed by atoms with van der Waals surface area (Å²) in [6.45, 7) is 1.01. The van der Waals surface area contributed by atoms with Gasteiger partial charge in [-0.05, 0) is 43.2 Å². The van der Waals surface area contributed by atoms with Crippen molar-refractivity contribution in [2.24, 2.45) is 0 Å². The van der Waals surface area contributed by atoms with Crippen molar-refractivity contribution >= 4 is 11.6 Å². The molecule has 2 heterocycles. The van der Waals surface area contributed by atoms with Crippen molar-refractivity contribution in [3.8, 4) is 0 Å². The second kappa shape index (κ2) is 7.13. The van der Waals surface area contributed by atoms with E-state index in [-0.39, 0.29) is 17.5 Å². The second-order valence-corrected chi connectivity index (χ2v) is 6.03. The number of alkyl halides is 3. The van der Waals surface area contributed by atoms with Crippen LogP contribution in [-0.2, 0) is 6.18 Å². The first-order chi connectivity index (χ1) is 11.9. The maximum Gasteiger partial charge on any atom is 0.416 e. The first-order valence-corrected chi connectivity index (χ1v) is 8.06. The molecule has 2 aromatic rings. The normalized spacial score (nSPS) is 15.9. The molecule has 1 aliphatic rings. The quantitative estimate of drug-likeness (QED) is 0.916. The van der Waals surface area contributed by atoms with E-state index in [0.717, 1.165) is 30.7 Å². The maximum atomic E-state index is 12.8. The summed E-state index contributed by atoms with van der Waals surface area (Å²) in [7, 11) is 0. The Bertz CT molecular complexity index is 726. The monoisotopic (exact) mass is 349 g/mol. The van der Waals surface area contributed by atoms with Crippen molar-refractivity contribution in [1.29, 1.82) is 0 Å². The molecule has 0 aliphatic carbocycles. The third kappa shape index (κ3) is 4.29. The standard InChI is InChI=1S/C18H18F3N3O/c19-18(20,21)14-4-1-3-13(11-14)17(25)24-9-6-15(7-10-24)23-16-5-2-8-22-12-16/h1-5,8,11-12,15,23H,6-7,9-10H2. The highest BCUT2D eigenvalue weighted by molar-refractivity contribution is 5.94. The molecule has 1 fully saturated rings. The number of rotatable bonds is 3. The molecular weight excluding hydrogens is 331 g/mol. The molecule has 0 saturated carbocycles. The molecule has 4 nitrogen and oxygen atoms in total. The van der Waals surface area contributed by atoms with E-state index in [0.29, 0.717) is 13.1 Å². The molecule has 3 rings (SSSR count). The third-order valence-electron chi connectivity index (χ3n) is 4.25. The van der Waals surface area contributed by atoms with Crippen LogP contribution in [0.3, 0.4) is 0 Å². The lowest BCUT2D eigenvalue weighted by atomic mass is 10.0. The van der Waals surface area contributed by atoms with E-state index < -0.39 is 11.7 Å². The molecule has 1 saturated heterocycles. The predicted molar refractivity (Wildman–Crippen MR) is 88.2 cm³/mol. The minimum atomic E-state index is -4.45. The number of piperidine rings is 1. The maximum absolute atomic E-state index is 12.8. The molecule has 0 bridgehead atoms. The lowest BCUT2D eigenvalue weighted by molar-refractivity contribution is -0.137. The Morgan fingerprint density at radius 3 is 2.56 bits per heavy atom. The molecule has 1 aliphatic heterocycles. The number of nitrogens with zero attached hydrogens (tertiary/aromatic N) is 2. The number of likely N-dealkylation sites (tertiary alicyclic amines) is 1. The zero-order chi connectivity index (χ0) is 17.9. The number of nitrogens with one attached hydrogen (secondary N) is 1.